The molecule has 1 fully saturated rings. The van der Waals surface area contributed by atoms with Crippen LogP contribution in [0.2, 0.25) is 0 Å². The summed E-state index contributed by atoms with van der Waals surface area (Å²) in [5.41, 5.74) is 1.99. The largest absolute Gasteiger partial charge is 0.366 e. The lowest BCUT2D eigenvalue weighted by Gasteiger charge is -2.36. The van der Waals surface area contributed by atoms with E-state index in [0.29, 0.717) is 18.1 Å². The number of hydrogen-bond donors (Lipinski definition) is 1. The van der Waals surface area contributed by atoms with E-state index < -0.39 is 0 Å². The molecule has 2 aliphatic rings. The predicted molar refractivity (Wildman–Crippen MR) is 98.3 cm³/mol. The van der Waals surface area contributed by atoms with Gasteiger partial charge in [0.15, 0.2) is 5.82 Å². The summed E-state index contributed by atoms with van der Waals surface area (Å²) >= 11 is 0. The van der Waals surface area contributed by atoms with Crippen molar-refractivity contribution in [2.45, 2.75) is 25.8 Å². The first kappa shape index (κ1) is 16.5. The maximum atomic E-state index is 13.1. The summed E-state index contributed by atoms with van der Waals surface area (Å²) in [7, 11) is 0. The molecule has 2 aliphatic heterocycles. The van der Waals surface area contributed by atoms with Crippen LogP contribution in [0.25, 0.3) is 0 Å². The van der Waals surface area contributed by atoms with Crippen molar-refractivity contribution < 1.29 is 9.59 Å². The molecule has 0 spiro atoms. The molecule has 0 radical (unpaired) electrons. The average Bonchev–Trinajstić information content (AvgIpc) is 3.07. The lowest BCUT2D eigenvalue weighted by Crippen LogP contribution is -2.47. The Morgan fingerprint density at radius 2 is 2.15 bits per heavy atom. The molecule has 4 heterocycles. The predicted octanol–water partition coefficient (Wildman–Crippen LogP) is 1.39. The molecule has 2 bridgehead atoms. The third-order valence-electron chi connectivity index (χ3n) is 4.85. The Kier molecular flexibility index (Phi) is 4.28. The minimum Gasteiger partial charge on any atom is -0.366 e. The summed E-state index contributed by atoms with van der Waals surface area (Å²) < 4.78 is 0. The highest BCUT2D eigenvalue weighted by Gasteiger charge is 2.40. The molecule has 1 N–H and O–H groups in total. The van der Waals surface area contributed by atoms with E-state index in [1.54, 1.807) is 17.2 Å². The molecule has 26 heavy (non-hydrogen) atoms. The van der Waals surface area contributed by atoms with Gasteiger partial charge in [-0.3, -0.25) is 19.5 Å². The van der Waals surface area contributed by atoms with Crippen molar-refractivity contribution in [3.8, 4) is 0 Å². The SMILES string of the molecule is CCNC(=O)c1ccc2c(n1)N(C(=O)Cc1ccccn1)C1CCN2C1. The van der Waals surface area contributed by atoms with Gasteiger partial charge in [0.05, 0.1) is 18.2 Å². The molecule has 1 saturated heterocycles. The Morgan fingerprint density at radius 1 is 1.27 bits per heavy atom. The van der Waals surface area contributed by atoms with Crippen LogP contribution in [0.15, 0.2) is 36.5 Å². The van der Waals surface area contributed by atoms with Crippen LogP contribution in [0.4, 0.5) is 11.5 Å². The van der Waals surface area contributed by atoms with Gasteiger partial charge < -0.3 is 10.2 Å². The first-order chi connectivity index (χ1) is 12.7. The molecule has 4 rings (SSSR count). The Bertz CT molecular complexity index is 839. The summed E-state index contributed by atoms with van der Waals surface area (Å²) in [5, 5.41) is 2.76. The molecule has 0 aromatic carbocycles. The minimum absolute atomic E-state index is 0.0305. The monoisotopic (exact) mass is 351 g/mol. The number of nitrogens with zero attached hydrogens (tertiary/aromatic N) is 4. The first-order valence-electron chi connectivity index (χ1n) is 8.93. The molecule has 1 unspecified atom stereocenters. The van der Waals surface area contributed by atoms with Crippen LogP contribution in [0.5, 0.6) is 0 Å². The number of carbonyl (C=O) groups is 2. The van der Waals surface area contributed by atoms with Gasteiger partial charge in [-0.25, -0.2) is 4.98 Å². The smallest absolute Gasteiger partial charge is 0.269 e. The van der Waals surface area contributed by atoms with Gasteiger partial charge in [-0.05, 0) is 37.6 Å². The number of amides is 2. The van der Waals surface area contributed by atoms with Crippen molar-refractivity contribution in [1.82, 2.24) is 15.3 Å². The normalized spacial score (nSPS) is 17.8. The van der Waals surface area contributed by atoms with Gasteiger partial charge in [-0.15, -0.1) is 0 Å². The van der Waals surface area contributed by atoms with Crippen molar-refractivity contribution in [3.05, 3.63) is 47.9 Å². The molecule has 2 aromatic heterocycles. The molecule has 2 aromatic rings. The second kappa shape index (κ2) is 6.74. The first-order valence-corrected chi connectivity index (χ1v) is 8.93. The molecule has 0 saturated carbocycles. The second-order valence-corrected chi connectivity index (χ2v) is 6.55. The lowest BCUT2D eigenvalue weighted by molar-refractivity contribution is -0.118. The van der Waals surface area contributed by atoms with Crippen molar-refractivity contribution in [1.29, 1.82) is 0 Å². The highest BCUT2D eigenvalue weighted by atomic mass is 16.2. The maximum Gasteiger partial charge on any atom is 0.269 e. The van der Waals surface area contributed by atoms with E-state index in [1.807, 2.05) is 31.2 Å². The fraction of sp³-hybridized carbons (Fsp3) is 0.368. The molecule has 1 atom stereocenters. The number of carbonyl (C=O) groups excluding carboxylic acids is 2. The molecule has 7 nitrogen and oxygen atoms in total. The number of aromatic nitrogens is 2. The molecule has 134 valence electrons. The van der Waals surface area contributed by atoms with Crippen LogP contribution in [0.3, 0.4) is 0 Å². The van der Waals surface area contributed by atoms with Crippen LogP contribution in [0.1, 0.15) is 29.5 Å². The van der Waals surface area contributed by atoms with E-state index in [-0.39, 0.29) is 24.3 Å². The summed E-state index contributed by atoms with van der Waals surface area (Å²) in [4.78, 5) is 38.0. The summed E-state index contributed by atoms with van der Waals surface area (Å²) in [6.07, 6.45) is 2.82. The quantitative estimate of drug-likeness (QED) is 0.901. The Labute approximate surface area is 152 Å². The number of hydrogen-bond acceptors (Lipinski definition) is 5. The minimum atomic E-state index is -0.222. The van der Waals surface area contributed by atoms with Gasteiger partial charge in [0.1, 0.15) is 5.69 Å². The summed E-state index contributed by atoms with van der Waals surface area (Å²) in [5.74, 6) is 0.334. The molecular weight excluding hydrogens is 330 g/mol. The van der Waals surface area contributed by atoms with Crippen LogP contribution in [-0.2, 0) is 11.2 Å². The summed E-state index contributed by atoms with van der Waals surface area (Å²) in [6.45, 7) is 4.11. The topological polar surface area (TPSA) is 78.4 Å². The molecule has 7 heteroatoms. The zero-order valence-electron chi connectivity index (χ0n) is 14.7. The maximum absolute atomic E-state index is 13.1. The third-order valence-corrected chi connectivity index (χ3v) is 4.85. The van der Waals surface area contributed by atoms with Gasteiger partial charge >= 0.3 is 0 Å². The average molecular weight is 351 g/mol. The van der Waals surface area contributed by atoms with Crippen molar-refractivity contribution >= 4 is 23.3 Å². The number of fused-ring (bicyclic) bond motifs is 4. The Morgan fingerprint density at radius 3 is 2.92 bits per heavy atom. The lowest BCUT2D eigenvalue weighted by atomic mass is 10.1. The zero-order chi connectivity index (χ0) is 18.1. The van der Waals surface area contributed by atoms with Crippen LogP contribution < -0.4 is 15.1 Å². The third kappa shape index (κ3) is 2.89. The van der Waals surface area contributed by atoms with Gasteiger partial charge in [-0.2, -0.15) is 0 Å². The van der Waals surface area contributed by atoms with Gasteiger partial charge in [0, 0.05) is 31.5 Å². The number of pyridine rings is 2. The van der Waals surface area contributed by atoms with Crippen molar-refractivity contribution in [2.24, 2.45) is 0 Å². The van der Waals surface area contributed by atoms with Gasteiger partial charge in [0.2, 0.25) is 5.91 Å². The highest BCUT2D eigenvalue weighted by molar-refractivity contribution is 6.00. The van der Waals surface area contributed by atoms with E-state index in [4.69, 9.17) is 0 Å². The molecule has 0 aliphatic carbocycles. The van der Waals surface area contributed by atoms with Crippen LogP contribution >= 0.6 is 0 Å². The van der Waals surface area contributed by atoms with E-state index in [0.717, 1.165) is 30.9 Å². The van der Waals surface area contributed by atoms with Crippen molar-refractivity contribution in [2.75, 3.05) is 29.4 Å². The number of rotatable bonds is 4. The second-order valence-electron chi connectivity index (χ2n) is 6.55. The van der Waals surface area contributed by atoms with E-state index >= 15 is 0 Å². The van der Waals surface area contributed by atoms with Crippen LogP contribution in [-0.4, -0.2) is 47.5 Å². The standard InChI is InChI=1S/C19H21N5O2/c1-2-20-19(26)15-6-7-16-18(22-15)24(14-8-10-23(16)12-14)17(25)11-13-5-3-4-9-21-13/h3-7,9,14H,2,8,10-12H2,1H3,(H,20,26). The van der Waals surface area contributed by atoms with E-state index in [9.17, 15) is 9.59 Å². The summed E-state index contributed by atoms with van der Waals surface area (Å²) in [6, 6.07) is 9.28. The zero-order valence-corrected chi connectivity index (χ0v) is 14.7. The highest BCUT2D eigenvalue weighted by Crippen LogP contribution is 2.39. The molecular formula is C19H21N5O2. The fourth-order valence-corrected chi connectivity index (χ4v) is 3.65. The van der Waals surface area contributed by atoms with Gasteiger partial charge in [-0.1, -0.05) is 6.07 Å². The Hall–Kier alpha value is -2.96. The Balaban J connectivity index is 1.68. The van der Waals surface area contributed by atoms with E-state index in [2.05, 4.69) is 20.2 Å². The number of anilines is 2. The van der Waals surface area contributed by atoms with E-state index in [1.165, 1.54) is 0 Å². The van der Waals surface area contributed by atoms with Crippen LogP contribution in [0, 0.1) is 0 Å². The number of nitrogens with one attached hydrogen (secondary N) is 1. The van der Waals surface area contributed by atoms with Gasteiger partial charge in [0.25, 0.3) is 5.91 Å². The molecule has 2 amide bonds. The fourth-order valence-electron chi connectivity index (χ4n) is 3.65. The van der Waals surface area contributed by atoms with Crippen molar-refractivity contribution in [3.63, 3.8) is 0 Å².